The molecule has 108 valence electrons. The van der Waals surface area contributed by atoms with Crippen LogP contribution in [0.2, 0.25) is 10.0 Å². The first-order chi connectivity index (χ1) is 8.54. The van der Waals surface area contributed by atoms with Gasteiger partial charge in [-0.05, 0) is 45.9 Å². The number of hydrogen-bond acceptors (Lipinski definition) is 3. The van der Waals surface area contributed by atoms with Crippen molar-refractivity contribution in [2.24, 2.45) is 0 Å². The van der Waals surface area contributed by atoms with Crippen LogP contribution in [0.1, 0.15) is 39.4 Å². The maximum atomic E-state index is 10.2. The second-order valence-electron chi connectivity index (χ2n) is 5.75. The average Bonchev–Trinajstić information content (AvgIpc) is 2.28. The highest BCUT2D eigenvalue weighted by Crippen LogP contribution is 2.27. The Morgan fingerprint density at radius 3 is 2.32 bits per heavy atom. The third-order valence-electron chi connectivity index (χ3n) is 3.58. The monoisotopic (exact) mass is 305 g/mol. The summed E-state index contributed by atoms with van der Waals surface area (Å²) < 4.78 is 0. The van der Waals surface area contributed by atoms with Crippen molar-refractivity contribution in [2.75, 3.05) is 6.54 Å². The van der Waals surface area contributed by atoms with Gasteiger partial charge in [0.2, 0.25) is 0 Å². The van der Waals surface area contributed by atoms with Gasteiger partial charge in [0.1, 0.15) is 0 Å². The van der Waals surface area contributed by atoms with Crippen molar-refractivity contribution in [3.63, 3.8) is 0 Å². The topological polar surface area (TPSA) is 52.5 Å². The largest absolute Gasteiger partial charge is 0.389 e. The Morgan fingerprint density at radius 2 is 1.79 bits per heavy atom. The van der Waals surface area contributed by atoms with Crippen LogP contribution in [0.25, 0.3) is 0 Å². The van der Waals surface area contributed by atoms with Gasteiger partial charge in [0.25, 0.3) is 0 Å². The van der Waals surface area contributed by atoms with Gasteiger partial charge in [-0.3, -0.25) is 0 Å². The molecule has 1 unspecified atom stereocenters. The third kappa shape index (κ3) is 4.33. The van der Waals surface area contributed by atoms with E-state index >= 15 is 0 Å². The smallest absolute Gasteiger partial charge is 0.0929 e. The molecule has 3 nitrogen and oxygen atoms in total. The minimum Gasteiger partial charge on any atom is -0.389 e. The highest BCUT2D eigenvalue weighted by atomic mass is 35.5. The Bertz CT molecular complexity index is 442. The van der Waals surface area contributed by atoms with E-state index in [0.717, 1.165) is 0 Å². The molecule has 0 amide bonds. The molecule has 0 spiro atoms. The van der Waals surface area contributed by atoms with Crippen molar-refractivity contribution in [3.8, 4) is 0 Å². The van der Waals surface area contributed by atoms with Crippen LogP contribution < -0.4 is 5.32 Å². The highest BCUT2D eigenvalue weighted by Gasteiger charge is 2.34. The first kappa shape index (κ1) is 16.7. The van der Waals surface area contributed by atoms with Crippen LogP contribution in [0.4, 0.5) is 0 Å². The van der Waals surface area contributed by atoms with Crippen molar-refractivity contribution in [2.45, 2.75) is 44.9 Å². The molecule has 3 N–H and O–H groups in total. The van der Waals surface area contributed by atoms with Gasteiger partial charge in [-0.2, -0.15) is 0 Å². The summed E-state index contributed by atoms with van der Waals surface area (Å²) in [5.74, 6) is 0. The molecule has 0 aliphatic rings. The molecule has 0 aliphatic carbocycles. The Morgan fingerprint density at radius 1 is 1.21 bits per heavy atom. The van der Waals surface area contributed by atoms with Crippen molar-refractivity contribution in [1.29, 1.82) is 0 Å². The average molecular weight is 306 g/mol. The molecule has 1 rings (SSSR count). The molecule has 0 aliphatic heterocycles. The van der Waals surface area contributed by atoms with E-state index in [9.17, 15) is 10.2 Å². The molecule has 0 saturated carbocycles. The molecule has 0 heterocycles. The quantitative estimate of drug-likeness (QED) is 0.783. The Labute approximate surface area is 124 Å². The van der Waals surface area contributed by atoms with Gasteiger partial charge in [0.15, 0.2) is 0 Å². The molecule has 5 heteroatoms. The van der Waals surface area contributed by atoms with Crippen molar-refractivity contribution >= 4 is 23.2 Å². The first-order valence-electron chi connectivity index (χ1n) is 6.15. The standard InChI is InChI=1S/C14H21Cl2NO2/c1-13(2,14(3,4)19)17-8-12(18)10-7-9(15)5-6-11(10)16/h5-7,12,17-19H,8H2,1-4H3. The predicted molar refractivity (Wildman–Crippen MR) is 79.8 cm³/mol. The van der Waals surface area contributed by atoms with Crippen molar-refractivity contribution < 1.29 is 10.2 Å². The van der Waals surface area contributed by atoms with Gasteiger partial charge in [-0.15, -0.1) is 0 Å². The lowest BCUT2D eigenvalue weighted by Crippen LogP contribution is -2.56. The van der Waals surface area contributed by atoms with Crippen LogP contribution in [0.15, 0.2) is 18.2 Å². The number of nitrogens with one attached hydrogen (secondary N) is 1. The number of benzene rings is 1. The molecule has 1 aromatic rings. The molecular weight excluding hydrogens is 285 g/mol. The van der Waals surface area contributed by atoms with Gasteiger partial charge in [0, 0.05) is 27.7 Å². The zero-order valence-corrected chi connectivity index (χ0v) is 13.2. The molecule has 19 heavy (non-hydrogen) atoms. The fourth-order valence-corrected chi connectivity index (χ4v) is 1.87. The number of hydrogen-bond donors (Lipinski definition) is 3. The first-order valence-corrected chi connectivity index (χ1v) is 6.90. The van der Waals surface area contributed by atoms with E-state index in [1.165, 1.54) is 0 Å². The van der Waals surface area contributed by atoms with E-state index in [4.69, 9.17) is 23.2 Å². The van der Waals surface area contributed by atoms with E-state index in [2.05, 4.69) is 5.32 Å². The SMILES string of the molecule is CC(C)(O)C(C)(C)NCC(O)c1cc(Cl)ccc1Cl. The lowest BCUT2D eigenvalue weighted by Gasteiger charge is -2.38. The summed E-state index contributed by atoms with van der Waals surface area (Å²) in [6, 6.07) is 4.98. The summed E-state index contributed by atoms with van der Waals surface area (Å²) in [4.78, 5) is 0. The van der Waals surface area contributed by atoms with Gasteiger partial charge < -0.3 is 15.5 Å². The Hall–Kier alpha value is -0.320. The summed E-state index contributed by atoms with van der Waals surface area (Å²) in [6.07, 6.45) is -0.784. The third-order valence-corrected chi connectivity index (χ3v) is 4.16. The molecule has 1 atom stereocenters. The van der Waals surface area contributed by atoms with E-state index in [1.54, 1.807) is 32.0 Å². The molecule has 0 aromatic heterocycles. The molecule has 1 aromatic carbocycles. The van der Waals surface area contributed by atoms with E-state index in [-0.39, 0.29) is 6.54 Å². The van der Waals surface area contributed by atoms with Gasteiger partial charge >= 0.3 is 0 Å². The second-order valence-corrected chi connectivity index (χ2v) is 6.59. The zero-order valence-electron chi connectivity index (χ0n) is 11.7. The molecule has 0 radical (unpaired) electrons. The van der Waals surface area contributed by atoms with Crippen LogP contribution in [0.5, 0.6) is 0 Å². The maximum absolute atomic E-state index is 10.2. The molecule has 0 fully saturated rings. The van der Waals surface area contributed by atoms with Gasteiger partial charge in [0.05, 0.1) is 11.7 Å². The molecular formula is C14H21Cl2NO2. The fraction of sp³-hybridized carbons (Fsp3) is 0.571. The lowest BCUT2D eigenvalue weighted by molar-refractivity contribution is -0.00978. The van der Waals surface area contributed by atoms with Crippen LogP contribution in [0, 0.1) is 0 Å². The normalized spacial score (nSPS) is 14.5. The summed E-state index contributed by atoms with van der Waals surface area (Å²) in [7, 11) is 0. The summed E-state index contributed by atoms with van der Waals surface area (Å²) in [5.41, 5.74) is -0.877. The van der Waals surface area contributed by atoms with Crippen LogP contribution in [0.3, 0.4) is 0 Å². The number of β-amino-alcohol motifs (C(OH)–C–C–N with tert-alkyl or cyclic N) is 1. The van der Waals surface area contributed by atoms with E-state index < -0.39 is 17.2 Å². The number of aliphatic hydroxyl groups is 2. The zero-order chi connectivity index (χ0) is 14.8. The second kappa shape index (κ2) is 5.98. The fourth-order valence-electron chi connectivity index (χ4n) is 1.45. The summed E-state index contributed by atoms with van der Waals surface area (Å²) >= 11 is 11.9. The summed E-state index contributed by atoms with van der Waals surface area (Å²) in [5, 5.41) is 24.3. The minimum atomic E-state index is -0.912. The maximum Gasteiger partial charge on any atom is 0.0929 e. The van der Waals surface area contributed by atoms with Gasteiger partial charge in [-0.25, -0.2) is 0 Å². The van der Waals surface area contributed by atoms with Crippen molar-refractivity contribution in [3.05, 3.63) is 33.8 Å². The number of halogens is 2. The minimum absolute atomic E-state index is 0.275. The lowest BCUT2D eigenvalue weighted by atomic mass is 9.86. The van der Waals surface area contributed by atoms with Crippen LogP contribution >= 0.6 is 23.2 Å². The number of rotatable bonds is 5. The predicted octanol–water partition coefficient (Wildman–Crippen LogP) is 3.17. The van der Waals surface area contributed by atoms with Crippen molar-refractivity contribution in [1.82, 2.24) is 5.32 Å². The Balaban J connectivity index is 2.76. The highest BCUT2D eigenvalue weighted by molar-refractivity contribution is 6.33. The Kier molecular flexibility index (Phi) is 5.27. The van der Waals surface area contributed by atoms with Crippen LogP contribution in [-0.2, 0) is 0 Å². The summed E-state index contributed by atoms with van der Waals surface area (Å²) in [6.45, 7) is 7.47. The molecule has 0 saturated heterocycles. The number of aliphatic hydroxyl groups excluding tert-OH is 1. The van der Waals surface area contributed by atoms with E-state index in [0.29, 0.717) is 15.6 Å². The molecule has 0 bridgehead atoms. The van der Waals surface area contributed by atoms with Crippen LogP contribution in [-0.4, -0.2) is 27.9 Å². The van der Waals surface area contributed by atoms with Gasteiger partial charge in [-0.1, -0.05) is 23.2 Å². The van der Waals surface area contributed by atoms with E-state index in [1.807, 2.05) is 13.8 Å².